The molecule has 0 saturated carbocycles. The summed E-state index contributed by atoms with van der Waals surface area (Å²) in [6.45, 7) is 6.61. The van der Waals surface area contributed by atoms with Gasteiger partial charge >= 0.3 is 5.97 Å². The molecule has 1 rings (SSSR count). The van der Waals surface area contributed by atoms with Crippen LogP contribution < -0.4 is 21.5 Å². The maximum absolute atomic E-state index is 11.4. The third kappa shape index (κ3) is 9.45. The van der Waals surface area contributed by atoms with Crippen molar-refractivity contribution < 1.29 is 31.1 Å². The Hall–Kier alpha value is -0.840. The van der Waals surface area contributed by atoms with Crippen LogP contribution in [0, 0.1) is 0 Å². The van der Waals surface area contributed by atoms with Gasteiger partial charge < -0.3 is 21.7 Å². The lowest BCUT2D eigenvalue weighted by atomic mass is 10.2. The van der Waals surface area contributed by atoms with E-state index in [1.54, 1.807) is 0 Å². The molecule has 0 aliphatic carbocycles. The van der Waals surface area contributed by atoms with E-state index in [0.29, 0.717) is 6.42 Å². The van der Waals surface area contributed by atoms with Crippen LogP contribution in [0.1, 0.15) is 77.3 Å². The Morgan fingerprint density at radius 3 is 2.38 bits per heavy atom. The summed E-state index contributed by atoms with van der Waals surface area (Å²) < 4.78 is 9.39. The highest BCUT2D eigenvalue weighted by Crippen LogP contribution is 2.06. The predicted molar refractivity (Wildman–Crippen MR) is 93.2 cm³/mol. The molecule has 1 heterocycles. The van der Waals surface area contributed by atoms with Crippen molar-refractivity contribution in [2.75, 3.05) is 7.11 Å². The molecule has 0 saturated heterocycles. The Bertz CT molecular complexity index is 447. The molecule has 1 aromatic heterocycles. The van der Waals surface area contributed by atoms with Crippen LogP contribution in [0.2, 0.25) is 0 Å². The van der Waals surface area contributed by atoms with Crippen LogP contribution in [0.25, 0.3) is 0 Å². The second kappa shape index (κ2) is 14.5. The smallest absolute Gasteiger partial charge is 0.305 e. The van der Waals surface area contributed by atoms with Crippen molar-refractivity contribution in [1.29, 1.82) is 0 Å². The molecule has 5 heteroatoms. The summed E-state index contributed by atoms with van der Waals surface area (Å²) in [5, 5.41) is 0. The molecule has 0 fully saturated rings. The Kier molecular flexibility index (Phi) is 14.0. The van der Waals surface area contributed by atoms with Crippen LogP contribution in [0.5, 0.6) is 0 Å². The number of nitrogens with zero attached hydrogens (tertiary/aromatic N) is 2. The van der Waals surface area contributed by atoms with Crippen LogP contribution in [0.15, 0.2) is 12.5 Å². The topological polar surface area (TPSA) is 35.1 Å². The molecule has 0 aliphatic heterocycles. The van der Waals surface area contributed by atoms with E-state index in [0.717, 1.165) is 19.5 Å². The number of ether oxygens (including phenoxy) is 1. The van der Waals surface area contributed by atoms with Crippen LogP contribution >= 0.6 is 0 Å². The van der Waals surface area contributed by atoms with Gasteiger partial charge in [0.15, 0.2) is 0 Å². The predicted octanol–water partition coefficient (Wildman–Crippen LogP) is 1.05. The molecule has 0 N–H and O–H groups in total. The van der Waals surface area contributed by atoms with Crippen molar-refractivity contribution in [2.24, 2.45) is 0 Å². The van der Waals surface area contributed by atoms with Gasteiger partial charge in [0.25, 0.3) is 0 Å². The molecule has 0 bridgehead atoms. The highest BCUT2D eigenvalue weighted by molar-refractivity contribution is 5.69. The van der Waals surface area contributed by atoms with Gasteiger partial charge in [-0.05, 0) is 25.7 Å². The zero-order valence-electron chi connectivity index (χ0n) is 15.7. The minimum Gasteiger partial charge on any atom is -1.00 e. The molecule has 0 amide bonds. The highest BCUT2D eigenvalue weighted by atomic mass is 79.9. The minimum absolute atomic E-state index is 0. The summed E-state index contributed by atoms with van der Waals surface area (Å²) in [6.07, 6.45) is 15.8. The number of hydrogen-bond acceptors (Lipinski definition) is 2. The second-order valence-electron chi connectivity index (χ2n) is 6.36. The number of methoxy groups -OCH3 is 1. The van der Waals surface area contributed by atoms with Gasteiger partial charge in [0, 0.05) is 6.42 Å². The Morgan fingerprint density at radius 1 is 1.08 bits per heavy atom. The van der Waals surface area contributed by atoms with Crippen molar-refractivity contribution in [1.82, 2.24) is 4.57 Å². The maximum atomic E-state index is 11.4. The summed E-state index contributed by atoms with van der Waals surface area (Å²) in [5.74, 6) is -0.127. The van der Waals surface area contributed by atoms with Gasteiger partial charge in [-0.3, -0.25) is 4.79 Å². The first-order chi connectivity index (χ1) is 11.2. The zero-order chi connectivity index (χ0) is 16.9. The molecule has 1 aromatic rings. The summed E-state index contributed by atoms with van der Waals surface area (Å²) in [6, 6.07) is 0. The molecule has 0 aromatic carbocycles. The van der Waals surface area contributed by atoms with Crippen LogP contribution in [0.3, 0.4) is 0 Å². The summed E-state index contributed by atoms with van der Waals surface area (Å²) in [7, 11) is 1.46. The molecule has 0 spiro atoms. The largest absolute Gasteiger partial charge is 1.00 e. The number of aromatic nitrogens is 2. The average Bonchev–Trinajstić information content (AvgIpc) is 2.95. The lowest BCUT2D eigenvalue weighted by Crippen LogP contribution is -3.00. The van der Waals surface area contributed by atoms with E-state index in [-0.39, 0.29) is 23.0 Å². The molecular formula is C19H35BrN2O2. The highest BCUT2D eigenvalue weighted by Gasteiger charge is 2.15. The number of rotatable bonds is 13. The molecular weight excluding hydrogens is 368 g/mol. The number of carbonyl (C=O) groups excluding carboxylic acids is 1. The molecule has 0 unspecified atom stereocenters. The van der Waals surface area contributed by atoms with Crippen molar-refractivity contribution in [3.8, 4) is 0 Å². The quantitative estimate of drug-likeness (QED) is 0.280. The lowest BCUT2D eigenvalue weighted by molar-refractivity contribution is -0.703. The molecule has 4 nitrogen and oxygen atoms in total. The summed E-state index contributed by atoms with van der Waals surface area (Å²) in [5.41, 5.74) is 1.25. The fourth-order valence-corrected chi connectivity index (χ4v) is 2.85. The van der Waals surface area contributed by atoms with E-state index in [9.17, 15) is 4.79 Å². The average molecular weight is 403 g/mol. The SMILES string of the molecule is CCCCCCn1cc(CCC(=O)OC)[n+](CCCCCC)c1.[Br-]. The monoisotopic (exact) mass is 402 g/mol. The van der Waals surface area contributed by atoms with Crippen LogP contribution in [-0.2, 0) is 29.0 Å². The van der Waals surface area contributed by atoms with Crippen molar-refractivity contribution >= 4 is 5.97 Å². The number of aryl methyl sites for hydroxylation is 3. The maximum Gasteiger partial charge on any atom is 0.305 e. The van der Waals surface area contributed by atoms with Crippen LogP contribution in [0.4, 0.5) is 0 Å². The number of imidazole rings is 1. The first kappa shape index (κ1) is 23.2. The fraction of sp³-hybridized carbons (Fsp3) is 0.789. The van der Waals surface area contributed by atoms with Gasteiger partial charge in [-0.15, -0.1) is 0 Å². The molecule has 0 atom stereocenters. The lowest BCUT2D eigenvalue weighted by Gasteiger charge is -2.01. The fourth-order valence-electron chi connectivity index (χ4n) is 2.85. The Balaban J connectivity index is 0.00000529. The van der Waals surface area contributed by atoms with Crippen molar-refractivity contribution in [3.05, 3.63) is 18.2 Å². The van der Waals surface area contributed by atoms with Gasteiger partial charge in [-0.2, -0.15) is 0 Å². The summed E-state index contributed by atoms with van der Waals surface area (Å²) >= 11 is 0. The third-order valence-electron chi connectivity index (χ3n) is 4.31. The summed E-state index contributed by atoms with van der Waals surface area (Å²) in [4.78, 5) is 11.4. The number of hydrogen-bond donors (Lipinski definition) is 0. The Morgan fingerprint density at radius 2 is 1.75 bits per heavy atom. The number of esters is 1. The van der Waals surface area contributed by atoms with E-state index in [1.165, 1.54) is 64.2 Å². The normalized spacial score (nSPS) is 10.5. The van der Waals surface area contributed by atoms with Gasteiger partial charge in [0.1, 0.15) is 11.9 Å². The first-order valence-corrected chi connectivity index (χ1v) is 9.36. The van der Waals surface area contributed by atoms with Gasteiger partial charge in [0.05, 0.1) is 26.6 Å². The minimum atomic E-state index is -0.127. The van der Waals surface area contributed by atoms with Crippen molar-refractivity contribution in [2.45, 2.75) is 91.1 Å². The third-order valence-corrected chi connectivity index (χ3v) is 4.31. The van der Waals surface area contributed by atoms with Crippen molar-refractivity contribution in [3.63, 3.8) is 0 Å². The second-order valence-corrected chi connectivity index (χ2v) is 6.36. The van der Waals surface area contributed by atoms with E-state index >= 15 is 0 Å². The number of halogens is 1. The standard InChI is InChI=1S/C19H35N2O2.BrH/c1-4-6-8-10-14-20-16-18(12-13-19(22)23-3)21(17-20)15-11-9-7-5-2;/h16-17H,4-15H2,1-3H3;1H/q+1;/p-1. The molecule has 0 radical (unpaired) electrons. The van der Waals surface area contributed by atoms with Gasteiger partial charge in [-0.1, -0.05) is 39.5 Å². The molecule has 140 valence electrons. The van der Waals surface area contributed by atoms with Gasteiger partial charge in [0.2, 0.25) is 6.33 Å². The first-order valence-electron chi connectivity index (χ1n) is 9.36. The Labute approximate surface area is 158 Å². The van der Waals surface area contributed by atoms with Crippen LogP contribution in [-0.4, -0.2) is 17.6 Å². The molecule has 0 aliphatic rings. The number of unbranched alkanes of at least 4 members (excludes halogenated alkanes) is 6. The zero-order valence-corrected chi connectivity index (χ0v) is 17.3. The van der Waals surface area contributed by atoms with E-state index in [1.807, 2.05) is 0 Å². The van der Waals surface area contributed by atoms with E-state index in [4.69, 9.17) is 4.74 Å². The number of carbonyl (C=O) groups is 1. The van der Waals surface area contributed by atoms with E-state index in [2.05, 4.69) is 35.5 Å². The van der Waals surface area contributed by atoms with Gasteiger partial charge in [-0.25, -0.2) is 9.13 Å². The molecule has 24 heavy (non-hydrogen) atoms. The van der Waals surface area contributed by atoms with E-state index < -0.39 is 0 Å².